The third-order valence-electron chi connectivity index (χ3n) is 2.76. The number of rotatable bonds is 3. The fourth-order valence-electron chi connectivity index (χ4n) is 1.85. The number of aromatic hydroxyl groups is 1. The summed E-state index contributed by atoms with van der Waals surface area (Å²) in [7, 11) is 0. The Morgan fingerprint density at radius 3 is 2.47 bits per heavy atom. The second-order valence-electron chi connectivity index (χ2n) is 4.72. The van der Waals surface area contributed by atoms with Crippen LogP contribution in [0, 0.1) is 12.8 Å². The van der Waals surface area contributed by atoms with Gasteiger partial charge in [0, 0.05) is 12.1 Å². The van der Waals surface area contributed by atoms with Crippen molar-refractivity contribution in [3.05, 3.63) is 36.0 Å². The molecule has 90 valence electrons. The lowest BCUT2D eigenvalue weighted by Crippen LogP contribution is -2.07. The van der Waals surface area contributed by atoms with E-state index in [1.54, 1.807) is 0 Å². The molecular weight excluding hydrogens is 212 g/mol. The molecule has 0 aliphatic heterocycles. The van der Waals surface area contributed by atoms with Crippen LogP contribution in [0.1, 0.15) is 19.5 Å². The van der Waals surface area contributed by atoms with Crippen molar-refractivity contribution in [2.75, 3.05) is 0 Å². The van der Waals surface area contributed by atoms with E-state index in [0.717, 1.165) is 17.8 Å². The Morgan fingerprint density at radius 2 is 1.88 bits per heavy atom. The first-order valence-electron chi connectivity index (χ1n) is 5.91. The molecule has 0 unspecified atom stereocenters. The van der Waals surface area contributed by atoms with Gasteiger partial charge in [0.2, 0.25) is 0 Å². The fourth-order valence-corrected chi connectivity index (χ4v) is 1.85. The van der Waals surface area contributed by atoms with Crippen molar-refractivity contribution in [2.24, 2.45) is 5.92 Å². The average molecular weight is 230 g/mol. The first-order valence-corrected chi connectivity index (χ1v) is 5.91. The second kappa shape index (κ2) is 4.62. The highest BCUT2D eigenvalue weighted by atomic mass is 16.3. The maximum Gasteiger partial charge on any atom is 0.164 e. The highest BCUT2D eigenvalue weighted by Crippen LogP contribution is 2.30. The van der Waals surface area contributed by atoms with Gasteiger partial charge in [-0.2, -0.15) is 5.10 Å². The van der Waals surface area contributed by atoms with E-state index in [4.69, 9.17) is 0 Å². The summed E-state index contributed by atoms with van der Waals surface area (Å²) >= 11 is 0. The normalized spacial score (nSPS) is 11.1. The zero-order valence-corrected chi connectivity index (χ0v) is 10.5. The predicted octanol–water partition coefficient (Wildman–Crippen LogP) is 3.22. The van der Waals surface area contributed by atoms with Crippen LogP contribution in [-0.4, -0.2) is 14.9 Å². The smallest absolute Gasteiger partial charge is 0.164 e. The van der Waals surface area contributed by atoms with Crippen LogP contribution in [0.4, 0.5) is 0 Å². The summed E-state index contributed by atoms with van der Waals surface area (Å²) in [6, 6.07) is 9.78. The summed E-state index contributed by atoms with van der Waals surface area (Å²) in [6.07, 6.45) is 0. The molecule has 2 aromatic rings. The summed E-state index contributed by atoms with van der Waals surface area (Å²) in [5, 5.41) is 14.6. The highest BCUT2D eigenvalue weighted by molar-refractivity contribution is 5.66. The van der Waals surface area contributed by atoms with Crippen molar-refractivity contribution in [3.8, 4) is 17.0 Å². The van der Waals surface area contributed by atoms with E-state index in [1.807, 2.05) is 41.9 Å². The van der Waals surface area contributed by atoms with E-state index in [0.29, 0.717) is 11.6 Å². The summed E-state index contributed by atoms with van der Waals surface area (Å²) < 4.78 is 1.88. The molecule has 2 rings (SSSR count). The number of hydrogen-bond donors (Lipinski definition) is 1. The van der Waals surface area contributed by atoms with Crippen LogP contribution in [0.25, 0.3) is 11.3 Å². The Bertz CT molecular complexity index is 500. The molecule has 0 amide bonds. The summed E-state index contributed by atoms with van der Waals surface area (Å²) in [4.78, 5) is 0. The van der Waals surface area contributed by atoms with Gasteiger partial charge < -0.3 is 5.11 Å². The average Bonchev–Trinajstić information content (AvgIpc) is 2.58. The third-order valence-corrected chi connectivity index (χ3v) is 2.76. The molecule has 1 aromatic carbocycles. The Kier molecular flexibility index (Phi) is 3.18. The number of benzene rings is 1. The van der Waals surface area contributed by atoms with Crippen LogP contribution in [-0.2, 0) is 6.54 Å². The summed E-state index contributed by atoms with van der Waals surface area (Å²) in [6.45, 7) is 7.00. The zero-order chi connectivity index (χ0) is 12.4. The van der Waals surface area contributed by atoms with Gasteiger partial charge in [-0.05, 0) is 12.8 Å². The molecule has 0 fully saturated rings. The predicted molar refractivity (Wildman–Crippen MR) is 68.9 cm³/mol. The summed E-state index contributed by atoms with van der Waals surface area (Å²) in [5.41, 5.74) is 2.46. The van der Waals surface area contributed by atoms with E-state index < -0.39 is 0 Å². The fraction of sp³-hybridized carbons (Fsp3) is 0.357. The molecule has 0 aliphatic carbocycles. The van der Waals surface area contributed by atoms with E-state index in [-0.39, 0.29) is 5.75 Å². The Labute approximate surface area is 102 Å². The molecule has 1 N–H and O–H groups in total. The lowest BCUT2D eigenvalue weighted by atomic mass is 10.1. The molecule has 1 heterocycles. The van der Waals surface area contributed by atoms with Gasteiger partial charge in [-0.25, -0.2) is 0 Å². The molecular formula is C14H18N2O. The molecule has 0 aliphatic rings. The van der Waals surface area contributed by atoms with Crippen molar-refractivity contribution < 1.29 is 5.11 Å². The first kappa shape index (κ1) is 11.7. The molecule has 0 bridgehead atoms. The lowest BCUT2D eigenvalue weighted by molar-refractivity contribution is 0.452. The minimum absolute atomic E-state index is 0.289. The van der Waals surface area contributed by atoms with Gasteiger partial charge in [-0.3, -0.25) is 4.68 Å². The topological polar surface area (TPSA) is 38.1 Å². The molecule has 3 heteroatoms. The number of hydrogen-bond acceptors (Lipinski definition) is 2. The van der Waals surface area contributed by atoms with Crippen molar-refractivity contribution in [1.29, 1.82) is 0 Å². The van der Waals surface area contributed by atoms with Gasteiger partial charge in [0.15, 0.2) is 5.75 Å². The van der Waals surface area contributed by atoms with E-state index in [2.05, 4.69) is 18.9 Å². The van der Waals surface area contributed by atoms with Crippen molar-refractivity contribution in [1.82, 2.24) is 9.78 Å². The SMILES string of the molecule is Cc1c(O)c(-c2ccccc2)nn1CC(C)C. The largest absolute Gasteiger partial charge is 0.504 e. The third kappa shape index (κ3) is 2.33. The minimum Gasteiger partial charge on any atom is -0.504 e. The van der Waals surface area contributed by atoms with Gasteiger partial charge >= 0.3 is 0 Å². The van der Waals surface area contributed by atoms with Crippen LogP contribution in [0.5, 0.6) is 5.75 Å². The van der Waals surface area contributed by atoms with Gasteiger partial charge in [0.1, 0.15) is 5.69 Å². The number of aromatic nitrogens is 2. The van der Waals surface area contributed by atoms with Crippen molar-refractivity contribution >= 4 is 0 Å². The molecule has 0 saturated carbocycles. The van der Waals surface area contributed by atoms with E-state index >= 15 is 0 Å². The standard InChI is InChI=1S/C14H18N2O/c1-10(2)9-16-11(3)14(17)13(15-16)12-7-5-4-6-8-12/h4-8,10,17H,9H2,1-3H3. The van der Waals surface area contributed by atoms with Gasteiger partial charge in [-0.15, -0.1) is 0 Å². The monoisotopic (exact) mass is 230 g/mol. The Morgan fingerprint density at radius 1 is 1.24 bits per heavy atom. The molecule has 0 radical (unpaired) electrons. The highest BCUT2D eigenvalue weighted by Gasteiger charge is 2.15. The van der Waals surface area contributed by atoms with Crippen LogP contribution in [0.3, 0.4) is 0 Å². The Balaban J connectivity index is 2.43. The van der Waals surface area contributed by atoms with Crippen molar-refractivity contribution in [2.45, 2.75) is 27.3 Å². The molecule has 0 spiro atoms. The maximum atomic E-state index is 10.1. The van der Waals surface area contributed by atoms with Crippen LogP contribution >= 0.6 is 0 Å². The van der Waals surface area contributed by atoms with E-state index in [9.17, 15) is 5.11 Å². The lowest BCUT2D eigenvalue weighted by Gasteiger charge is -2.06. The van der Waals surface area contributed by atoms with Crippen LogP contribution in [0.15, 0.2) is 30.3 Å². The number of nitrogens with zero attached hydrogens (tertiary/aromatic N) is 2. The van der Waals surface area contributed by atoms with Crippen molar-refractivity contribution in [3.63, 3.8) is 0 Å². The minimum atomic E-state index is 0.289. The molecule has 3 nitrogen and oxygen atoms in total. The molecule has 1 aromatic heterocycles. The van der Waals surface area contributed by atoms with Gasteiger partial charge in [-0.1, -0.05) is 44.2 Å². The summed E-state index contributed by atoms with van der Waals surface area (Å²) in [5.74, 6) is 0.800. The molecule has 0 saturated heterocycles. The zero-order valence-electron chi connectivity index (χ0n) is 10.5. The van der Waals surface area contributed by atoms with E-state index in [1.165, 1.54) is 0 Å². The first-order chi connectivity index (χ1) is 8.09. The Hall–Kier alpha value is -1.77. The molecule has 17 heavy (non-hydrogen) atoms. The van der Waals surface area contributed by atoms with Gasteiger partial charge in [0.05, 0.1) is 5.69 Å². The quantitative estimate of drug-likeness (QED) is 0.879. The maximum absolute atomic E-state index is 10.1. The van der Waals surface area contributed by atoms with Crippen LogP contribution < -0.4 is 0 Å². The van der Waals surface area contributed by atoms with Gasteiger partial charge in [0.25, 0.3) is 0 Å². The van der Waals surface area contributed by atoms with Crippen LogP contribution in [0.2, 0.25) is 0 Å². The molecule has 0 atom stereocenters. The second-order valence-corrected chi connectivity index (χ2v) is 4.72.